The van der Waals surface area contributed by atoms with Crippen LogP contribution in [0, 0.1) is 0 Å². The van der Waals surface area contributed by atoms with Crippen molar-refractivity contribution in [1.82, 2.24) is 5.48 Å². The number of aliphatic hydroxyl groups excluding tert-OH is 1. The monoisotopic (exact) mass is 616 g/mol. The van der Waals surface area contributed by atoms with E-state index in [9.17, 15) is 4.79 Å². The quantitative estimate of drug-likeness (QED) is 0.243. The Morgan fingerprint density at radius 1 is 1.08 bits per heavy atom. The molecule has 9 heteroatoms. The van der Waals surface area contributed by atoms with Crippen molar-refractivity contribution >= 4 is 43.7 Å². The van der Waals surface area contributed by atoms with E-state index in [1.165, 1.54) is 7.11 Å². The predicted octanol–water partition coefficient (Wildman–Crippen LogP) is 5.15. The fourth-order valence-corrected chi connectivity index (χ4v) is 4.80. The smallest absolute Gasteiger partial charge is 0.276 e. The number of benzene rings is 3. The zero-order chi connectivity index (χ0) is 25.5. The number of aliphatic imine (C=N–C) groups is 1. The first kappa shape index (κ1) is 26.3. The summed E-state index contributed by atoms with van der Waals surface area (Å²) in [5.41, 5.74) is 3.59. The highest BCUT2D eigenvalue weighted by Gasteiger charge is 2.54. The van der Waals surface area contributed by atoms with Crippen LogP contribution in [0.25, 0.3) is 0 Å². The number of aliphatic hydroxyl groups is 1. The molecule has 0 spiro atoms. The fraction of sp³-hybridized carbons (Fsp3) is 0.259. The molecule has 1 aliphatic rings. The van der Waals surface area contributed by atoms with E-state index in [1.54, 1.807) is 0 Å². The molecule has 188 valence electrons. The second-order valence-corrected chi connectivity index (χ2v) is 10.0. The molecule has 36 heavy (non-hydrogen) atoms. The lowest BCUT2D eigenvalue weighted by Gasteiger charge is -2.30. The molecule has 7 nitrogen and oxygen atoms in total. The van der Waals surface area contributed by atoms with Gasteiger partial charge in [0.05, 0.1) is 13.7 Å². The zero-order valence-electron chi connectivity index (χ0n) is 19.6. The first-order chi connectivity index (χ1) is 17.5. The van der Waals surface area contributed by atoms with E-state index in [0.29, 0.717) is 30.2 Å². The molecule has 0 unspecified atom stereocenters. The van der Waals surface area contributed by atoms with Crippen LogP contribution in [0.2, 0.25) is 0 Å². The molecule has 0 bridgehead atoms. The molecule has 3 aromatic carbocycles. The summed E-state index contributed by atoms with van der Waals surface area (Å²) in [5.74, 6) is 0.611. The molecular formula is C27H26Br2N2O5. The number of carbonyl (C=O) groups excluding carboxylic acids is 1. The zero-order valence-corrected chi connectivity index (χ0v) is 22.8. The maximum Gasteiger partial charge on any atom is 0.276 e. The normalized spacial score (nSPS) is 18.9. The van der Waals surface area contributed by atoms with E-state index in [4.69, 9.17) is 24.4 Å². The van der Waals surface area contributed by atoms with Gasteiger partial charge in [-0.15, -0.1) is 0 Å². The molecule has 0 saturated carbocycles. The molecule has 1 heterocycles. The Labute approximate surface area is 226 Å². The highest BCUT2D eigenvalue weighted by molar-refractivity contribution is 9.10. The Morgan fingerprint density at radius 3 is 2.47 bits per heavy atom. The Balaban J connectivity index is 1.77. The van der Waals surface area contributed by atoms with Gasteiger partial charge >= 0.3 is 0 Å². The summed E-state index contributed by atoms with van der Waals surface area (Å²) < 4.78 is 13.8. The average molecular weight is 618 g/mol. The molecule has 3 aromatic rings. The molecule has 2 atom stereocenters. The number of nitrogens with zero attached hydrogens (tertiary/aromatic N) is 1. The van der Waals surface area contributed by atoms with Crippen molar-refractivity contribution in [2.45, 2.75) is 24.5 Å². The Bertz CT molecular complexity index is 1220. The highest BCUT2D eigenvalue weighted by Crippen LogP contribution is 2.44. The largest absolute Gasteiger partial charge is 0.494 e. The summed E-state index contributed by atoms with van der Waals surface area (Å²) in [7, 11) is 1.40. The minimum atomic E-state index is -1.33. The van der Waals surface area contributed by atoms with Crippen molar-refractivity contribution in [2.75, 3.05) is 20.3 Å². The van der Waals surface area contributed by atoms with Gasteiger partial charge < -0.3 is 14.6 Å². The second kappa shape index (κ2) is 12.0. The topological polar surface area (TPSA) is 89.4 Å². The third kappa shape index (κ3) is 5.81. The van der Waals surface area contributed by atoms with Gasteiger partial charge in [-0.2, -0.15) is 0 Å². The SMILES string of the molecule is CONC(=O)[C@@]1(Cc2ccc(Br)cc2)N=C(c2ccc(OCCCO)cc2)O[C@H]1c1ccccc1Br. The number of nitrogens with one attached hydrogen (secondary N) is 1. The van der Waals surface area contributed by atoms with E-state index >= 15 is 0 Å². The number of hydrogen-bond donors (Lipinski definition) is 2. The lowest BCUT2D eigenvalue weighted by Crippen LogP contribution is -2.49. The summed E-state index contributed by atoms with van der Waals surface area (Å²) in [5, 5.41) is 8.96. The lowest BCUT2D eigenvalue weighted by atomic mass is 9.82. The number of amides is 1. The van der Waals surface area contributed by atoms with Gasteiger partial charge in [0.25, 0.3) is 5.91 Å². The maximum absolute atomic E-state index is 13.6. The fourth-order valence-electron chi connectivity index (χ4n) is 4.04. The molecule has 0 aromatic heterocycles. The number of carbonyl (C=O) groups is 1. The molecule has 1 aliphatic heterocycles. The van der Waals surface area contributed by atoms with Crippen LogP contribution >= 0.6 is 31.9 Å². The summed E-state index contributed by atoms with van der Waals surface area (Å²) in [4.78, 5) is 23.6. The highest BCUT2D eigenvalue weighted by atomic mass is 79.9. The molecule has 4 rings (SSSR count). The Morgan fingerprint density at radius 2 is 1.81 bits per heavy atom. The van der Waals surface area contributed by atoms with E-state index in [0.717, 1.165) is 20.1 Å². The number of ether oxygens (including phenoxy) is 2. The third-order valence-electron chi connectivity index (χ3n) is 5.80. The van der Waals surface area contributed by atoms with Gasteiger partial charge in [-0.1, -0.05) is 62.2 Å². The van der Waals surface area contributed by atoms with Gasteiger partial charge in [0, 0.05) is 39.5 Å². The van der Waals surface area contributed by atoms with Crippen molar-refractivity contribution in [1.29, 1.82) is 0 Å². The van der Waals surface area contributed by atoms with Crippen LogP contribution in [-0.4, -0.2) is 42.8 Å². The summed E-state index contributed by atoms with van der Waals surface area (Å²) in [6.45, 7) is 0.494. The minimum Gasteiger partial charge on any atom is -0.494 e. The van der Waals surface area contributed by atoms with Gasteiger partial charge in [0.15, 0.2) is 11.6 Å². The van der Waals surface area contributed by atoms with Crippen LogP contribution in [0.1, 0.15) is 29.2 Å². The van der Waals surface area contributed by atoms with Crippen LogP contribution in [0.4, 0.5) is 0 Å². The lowest BCUT2D eigenvalue weighted by molar-refractivity contribution is -0.139. The maximum atomic E-state index is 13.6. The van der Waals surface area contributed by atoms with E-state index in [-0.39, 0.29) is 13.0 Å². The van der Waals surface area contributed by atoms with Gasteiger partial charge in [0.1, 0.15) is 5.75 Å². The standard InChI is InChI=1S/C27H26Br2N2O5/c1-34-31-26(33)27(17-18-7-11-20(28)12-8-18)24(22-5-2-3-6-23(22)29)36-25(30-27)19-9-13-21(14-10-19)35-16-4-15-32/h2-3,5-14,24,32H,4,15-17H2,1H3,(H,31,33)/t24-,27-/m0/s1. The van der Waals surface area contributed by atoms with Crippen molar-refractivity contribution in [3.63, 3.8) is 0 Å². The number of rotatable bonds is 10. The van der Waals surface area contributed by atoms with Crippen LogP contribution in [0.5, 0.6) is 5.75 Å². The van der Waals surface area contributed by atoms with Crippen LogP contribution in [0.15, 0.2) is 86.7 Å². The number of hydrogen-bond acceptors (Lipinski definition) is 6. The molecule has 0 saturated heterocycles. The van der Waals surface area contributed by atoms with E-state index < -0.39 is 17.6 Å². The first-order valence-electron chi connectivity index (χ1n) is 11.4. The molecule has 2 N–H and O–H groups in total. The van der Waals surface area contributed by atoms with Crippen molar-refractivity contribution in [2.24, 2.45) is 4.99 Å². The van der Waals surface area contributed by atoms with Gasteiger partial charge in [-0.3, -0.25) is 9.63 Å². The number of halogens is 2. The Hall–Kier alpha value is -2.72. The van der Waals surface area contributed by atoms with Crippen LogP contribution in [0.3, 0.4) is 0 Å². The molecule has 0 fully saturated rings. The summed E-state index contributed by atoms with van der Waals surface area (Å²) in [6.07, 6.45) is 0.119. The molecule has 1 amide bonds. The van der Waals surface area contributed by atoms with E-state index in [2.05, 4.69) is 37.3 Å². The molecule has 0 aliphatic carbocycles. The van der Waals surface area contributed by atoms with Crippen molar-refractivity contribution in [3.8, 4) is 5.75 Å². The number of hydroxylamine groups is 1. The summed E-state index contributed by atoms with van der Waals surface area (Å²) in [6, 6.07) is 22.7. The third-order valence-corrected chi connectivity index (χ3v) is 7.05. The Kier molecular flexibility index (Phi) is 8.79. The van der Waals surface area contributed by atoms with E-state index in [1.807, 2.05) is 72.8 Å². The first-order valence-corrected chi connectivity index (χ1v) is 13.0. The molecule has 0 radical (unpaired) electrons. The minimum absolute atomic E-state index is 0.0726. The molecular weight excluding hydrogens is 592 g/mol. The van der Waals surface area contributed by atoms with Crippen LogP contribution in [-0.2, 0) is 20.8 Å². The summed E-state index contributed by atoms with van der Waals surface area (Å²) >= 11 is 7.09. The predicted molar refractivity (Wildman–Crippen MR) is 144 cm³/mol. The van der Waals surface area contributed by atoms with Gasteiger partial charge in [-0.25, -0.2) is 10.5 Å². The van der Waals surface area contributed by atoms with Gasteiger partial charge in [0.2, 0.25) is 5.90 Å². The van der Waals surface area contributed by atoms with Crippen molar-refractivity contribution in [3.05, 3.63) is 98.4 Å². The second-order valence-electron chi connectivity index (χ2n) is 8.25. The average Bonchev–Trinajstić information content (AvgIpc) is 3.27. The van der Waals surface area contributed by atoms with Gasteiger partial charge in [-0.05, 0) is 48.0 Å². The van der Waals surface area contributed by atoms with Crippen LogP contribution < -0.4 is 10.2 Å². The van der Waals surface area contributed by atoms with Crippen molar-refractivity contribution < 1.29 is 24.2 Å².